The average Bonchev–Trinajstić information content (AvgIpc) is 2.63. The van der Waals surface area contributed by atoms with E-state index in [1.807, 2.05) is 24.5 Å². The summed E-state index contributed by atoms with van der Waals surface area (Å²) < 4.78 is 25.8. The summed E-state index contributed by atoms with van der Waals surface area (Å²) in [6.07, 6.45) is 6.03. The van der Waals surface area contributed by atoms with E-state index in [2.05, 4.69) is 26.7 Å². The molecule has 128 valence electrons. The highest BCUT2D eigenvalue weighted by molar-refractivity contribution is 7.89. The van der Waals surface area contributed by atoms with E-state index in [-0.39, 0.29) is 0 Å². The topological polar surface area (TPSA) is 62.3 Å². The van der Waals surface area contributed by atoms with Crippen LogP contribution < -0.4 is 4.72 Å². The largest absolute Gasteiger partial charge is 0.299 e. The number of nitrogens with zero attached hydrogens (tertiary/aromatic N) is 2. The Morgan fingerprint density at radius 1 is 1.08 bits per heavy atom. The quantitative estimate of drug-likeness (QED) is 0.904. The number of pyridine rings is 1. The highest BCUT2D eigenvalue weighted by Gasteiger charge is 2.20. The zero-order chi connectivity index (χ0) is 17.0. The summed E-state index contributed by atoms with van der Waals surface area (Å²) in [7, 11) is -1.93. The van der Waals surface area contributed by atoms with E-state index >= 15 is 0 Å². The fraction of sp³-hybridized carbons (Fsp3) is 0.389. The van der Waals surface area contributed by atoms with Crippen LogP contribution in [0.25, 0.3) is 0 Å². The summed E-state index contributed by atoms with van der Waals surface area (Å²) in [5.74, 6) is 0.618. The normalized spacial score (nSPS) is 17.0. The number of rotatable bonds is 5. The zero-order valence-electron chi connectivity index (χ0n) is 13.9. The maximum Gasteiger partial charge on any atom is 0.240 e. The molecule has 0 spiro atoms. The minimum Gasteiger partial charge on any atom is -0.299 e. The van der Waals surface area contributed by atoms with Crippen LogP contribution in [-0.4, -0.2) is 38.4 Å². The van der Waals surface area contributed by atoms with Crippen molar-refractivity contribution in [2.24, 2.45) is 0 Å². The van der Waals surface area contributed by atoms with Gasteiger partial charge in [0, 0.05) is 18.9 Å². The van der Waals surface area contributed by atoms with Gasteiger partial charge in [-0.1, -0.05) is 12.1 Å². The van der Waals surface area contributed by atoms with E-state index in [4.69, 9.17) is 0 Å². The third kappa shape index (κ3) is 4.01. The van der Waals surface area contributed by atoms with Crippen LogP contribution in [0.4, 0.5) is 0 Å². The predicted octanol–water partition coefficient (Wildman–Crippen LogP) is 2.37. The molecule has 6 heteroatoms. The van der Waals surface area contributed by atoms with Gasteiger partial charge in [-0.25, -0.2) is 13.1 Å². The molecule has 0 bridgehead atoms. The number of piperidine rings is 1. The molecule has 0 aliphatic carbocycles. The molecular weight excluding hydrogens is 322 g/mol. The summed E-state index contributed by atoms with van der Waals surface area (Å²) in [5.41, 5.74) is 2.53. The molecule has 0 unspecified atom stereocenters. The molecular formula is C18H23N3O2S. The van der Waals surface area contributed by atoms with Gasteiger partial charge in [-0.2, -0.15) is 0 Å². The van der Waals surface area contributed by atoms with Gasteiger partial charge in [0.15, 0.2) is 0 Å². The van der Waals surface area contributed by atoms with Gasteiger partial charge in [-0.3, -0.25) is 9.88 Å². The predicted molar refractivity (Wildman–Crippen MR) is 94.2 cm³/mol. The molecule has 1 aliphatic rings. The van der Waals surface area contributed by atoms with Crippen molar-refractivity contribution in [1.82, 2.24) is 14.6 Å². The van der Waals surface area contributed by atoms with Crippen LogP contribution in [0.3, 0.4) is 0 Å². The number of nitrogens with one attached hydrogen (secondary N) is 1. The Kier molecular flexibility index (Phi) is 5.28. The van der Waals surface area contributed by atoms with Crippen LogP contribution in [0, 0.1) is 0 Å². The third-order valence-corrected chi connectivity index (χ3v) is 6.10. The van der Waals surface area contributed by atoms with Crippen molar-refractivity contribution in [3.63, 3.8) is 0 Å². The molecule has 1 fully saturated rings. The van der Waals surface area contributed by atoms with Gasteiger partial charge in [-0.05, 0) is 74.3 Å². The Morgan fingerprint density at radius 2 is 1.71 bits per heavy atom. The second-order valence-corrected chi connectivity index (χ2v) is 8.07. The standard InChI is InChI=1S/C18H23N3O2S/c1-19-24(22,23)18-4-2-15(3-5-18)14-21-12-8-17(9-13-21)16-6-10-20-11-7-16/h2-7,10-11,17,19H,8-9,12-14H2,1H3. The summed E-state index contributed by atoms with van der Waals surface area (Å²) in [6.45, 7) is 2.98. The lowest BCUT2D eigenvalue weighted by molar-refractivity contribution is 0.204. The first-order valence-corrected chi connectivity index (χ1v) is 9.71. The van der Waals surface area contributed by atoms with Crippen molar-refractivity contribution in [2.75, 3.05) is 20.1 Å². The summed E-state index contributed by atoms with van der Waals surface area (Å²) in [5, 5.41) is 0. The molecule has 0 amide bonds. The molecule has 0 radical (unpaired) electrons. The van der Waals surface area contributed by atoms with E-state index in [9.17, 15) is 8.42 Å². The maximum absolute atomic E-state index is 11.7. The Morgan fingerprint density at radius 3 is 2.29 bits per heavy atom. The van der Waals surface area contributed by atoms with Crippen molar-refractivity contribution in [3.05, 3.63) is 59.9 Å². The molecule has 2 heterocycles. The van der Waals surface area contributed by atoms with Crippen LogP contribution in [0.2, 0.25) is 0 Å². The van der Waals surface area contributed by atoms with Crippen molar-refractivity contribution in [1.29, 1.82) is 0 Å². The Labute approximate surface area is 143 Å². The second kappa shape index (κ2) is 7.42. The summed E-state index contributed by atoms with van der Waals surface area (Å²) in [4.78, 5) is 6.82. The van der Waals surface area contributed by atoms with E-state index in [1.54, 1.807) is 12.1 Å². The zero-order valence-corrected chi connectivity index (χ0v) is 14.7. The van der Waals surface area contributed by atoms with Crippen molar-refractivity contribution in [3.8, 4) is 0 Å². The van der Waals surface area contributed by atoms with Gasteiger partial charge in [0.1, 0.15) is 0 Å². The highest BCUT2D eigenvalue weighted by atomic mass is 32.2. The Balaban J connectivity index is 1.57. The molecule has 1 saturated heterocycles. The fourth-order valence-electron chi connectivity index (χ4n) is 3.21. The molecule has 2 aromatic rings. The van der Waals surface area contributed by atoms with Gasteiger partial charge in [-0.15, -0.1) is 0 Å². The van der Waals surface area contributed by atoms with Crippen LogP contribution in [0.5, 0.6) is 0 Å². The number of likely N-dealkylation sites (tertiary alicyclic amines) is 1. The molecule has 3 rings (SSSR count). The summed E-state index contributed by atoms with van der Waals surface area (Å²) >= 11 is 0. The van der Waals surface area contributed by atoms with Gasteiger partial charge in [0.2, 0.25) is 10.0 Å². The fourth-order valence-corrected chi connectivity index (χ4v) is 3.94. The summed E-state index contributed by atoms with van der Waals surface area (Å²) in [6, 6.07) is 11.4. The first kappa shape index (κ1) is 17.1. The number of aromatic nitrogens is 1. The molecule has 1 aliphatic heterocycles. The van der Waals surface area contributed by atoms with Crippen LogP contribution in [-0.2, 0) is 16.6 Å². The maximum atomic E-state index is 11.7. The molecule has 0 atom stereocenters. The monoisotopic (exact) mass is 345 g/mol. The minimum absolute atomic E-state index is 0.310. The molecule has 0 saturated carbocycles. The molecule has 1 aromatic heterocycles. The van der Waals surface area contributed by atoms with Crippen molar-refractivity contribution in [2.45, 2.75) is 30.2 Å². The molecule has 1 aromatic carbocycles. The van der Waals surface area contributed by atoms with Gasteiger partial charge in [0.25, 0.3) is 0 Å². The van der Waals surface area contributed by atoms with Crippen LogP contribution in [0.15, 0.2) is 53.7 Å². The molecule has 1 N–H and O–H groups in total. The molecule has 5 nitrogen and oxygen atoms in total. The highest BCUT2D eigenvalue weighted by Crippen LogP contribution is 2.28. The number of hydrogen-bond donors (Lipinski definition) is 1. The minimum atomic E-state index is -3.35. The van der Waals surface area contributed by atoms with E-state index < -0.39 is 10.0 Å². The van der Waals surface area contributed by atoms with Crippen LogP contribution in [0.1, 0.15) is 29.9 Å². The Hall–Kier alpha value is -1.76. The lowest BCUT2D eigenvalue weighted by Gasteiger charge is -2.32. The number of hydrogen-bond acceptors (Lipinski definition) is 4. The first-order chi connectivity index (χ1) is 11.6. The van der Waals surface area contributed by atoms with E-state index in [0.717, 1.165) is 38.0 Å². The third-order valence-electron chi connectivity index (χ3n) is 4.67. The van der Waals surface area contributed by atoms with Gasteiger partial charge < -0.3 is 0 Å². The second-order valence-electron chi connectivity index (χ2n) is 6.18. The number of benzene rings is 1. The number of sulfonamides is 1. The van der Waals surface area contributed by atoms with Crippen molar-refractivity contribution >= 4 is 10.0 Å². The van der Waals surface area contributed by atoms with Crippen LogP contribution >= 0.6 is 0 Å². The first-order valence-electron chi connectivity index (χ1n) is 8.23. The van der Waals surface area contributed by atoms with Crippen molar-refractivity contribution < 1.29 is 8.42 Å². The van der Waals surface area contributed by atoms with E-state index in [1.165, 1.54) is 12.6 Å². The van der Waals surface area contributed by atoms with Gasteiger partial charge >= 0.3 is 0 Å². The lowest BCUT2D eigenvalue weighted by atomic mass is 9.90. The van der Waals surface area contributed by atoms with Gasteiger partial charge in [0.05, 0.1) is 4.90 Å². The Bertz CT molecular complexity index is 753. The smallest absolute Gasteiger partial charge is 0.240 e. The lowest BCUT2D eigenvalue weighted by Crippen LogP contribution is -2.32. The average molecular weight is 345 g/mol. The van der Waals surface area contributed by atoms with E-state index in [0.29, 0.717) is 10.8 Å². The SMILES string of the molecule is CNS(=O)(=O)c1ccc(CN2CCC(c3ccncc3)CC2)cc1. The molecule has 24 heavy (non-hydrogen) atoms.